The van der Waals surface area contributed by atoms with Gasteiger partial charge in [-0.3, -0.25) is 4.79 Å². The molecule has 0 aromatic heterocycles. The predicted molar refractivity (Wildman–Crippen MR) is 103 cm³/mol. The lowest BCUT2D eigenvalue weighted by Gasteiger charge is -2.12. The van der Waals surface area contributed by atoms with Crippen LogP contribution < -0.4 is 20.1 Å². The Bertz CT molecular complexity index is 849. The number of rotatable bonds is 7. The molecule has 0 fully saturated rings. The summed E-state index contributed by atoms with van der Waals surface area (Å²) in [4.78, 5) is 12.0. The summed E-state index contributed by atoms with van der Waals surface area (Å²) in [5, 5.41) is 6.10. The fourth-order valence-corrected chi connectivity index (χ4v) is 2.40. The van der Waals surface area contributed by atoms with E-state index in [1.54, 1.807) is 7.11 Å². The molecule has 2 N–H and O–H groups in total. The number of nitrogens with one attached hydrogen (secondary N) is 2. The van der Waals surface area contributed by atoms with E-state index in [0.717, 1.165) is 17.1 Å². The van der Waals surface area contributed by atoms with Crippen molar-refractivity contribution in [3.63, 3.8) is 0 Å². The average Bonchev–Trinajstić information content (AvgIpc) is 2.69. The summed E-state index contributed by atoms with van der Waals surface area (Å²) in [5.74, 6) is 1.22. The molecule has 0 atom stereocenters. The maximum Gasteiger partial charge on any atom is 0.262 e. The number of methoxy groups -OCH3 is 1. The minimum atomic E-state index is -0.209. The number of hydrogen-bond donors (Lipinski definition) is 2. The van der Waals surface area contributed by atoms with Gasteiger partial charge in [0.25, 0.3) is 5.91 Å². The van der Waals surface area contributed by atoms with Gasteiger partial charge in [-0.15, -0.1) is 0 Å². The van der Waals surface area contributed by atoms with Gasteiger partial charge in [-0.2, -0.15) is 0 Å². The molecule has 0 aliphatic carbocycles. The fourth-order valence-electron chi connectivity index (χ4n) is 2.40. The Morgan fingerprint density at radius 1 is 0.846 bits per heavy atom. The van der Waals surface area contributed by atoms with Gasteiger partial charge < -0.3 is 20.1 Å². The number of amides is 1. The van der Waals surface area contributed by atoms with Gasteiger partial charge in [-0.1, -0.05) is 30.3 Å². The van der Waals surface area contributed by atoms with Gasteiger partial charge in [0.15, 0.2) is 6.61 Å². The second-order valence-electron chi connectivity index (χ2n) is 5.55. The SMILES string of the molecule is COc1ccccc1Nc1ccc(NC(=O)COc2ccccc2)cc1. The van der Waals surface area contributed by atoms with Crippen molar-refractivity contribution in [2.45, 2.75) is 0 Å². The molecule has 0 radical (unpaired) electrons. The van der Waals surface area contributed by atoms with Crippen molar-refractivity contribution in [3.8, 4) is 11.5 Å². The van der Waals surface area contributed by atoms with Gasteiger partial charge in [0.05, 0.1) is 12.8 Å². The van der Waals surface area contributed by atoms with Gasteiger partial charge >= 0.3 is 0 Å². The molecule has 1 amide bonds. The van der Waals surface area contributed by atoms with Crippen molar-refractivity contribution >= 4 is 23.0 Å². The summed E-state index contributed by atoms with van der Waals surface area (Å²) in [7, 11) is 1.64. The minimum Gasteiger partial charge on any atom is -0.495 e. The predicted octanol–water partition coefficient (Wildman–Crippen LogP) is 4.46. The third-order valence-electron chi connectivity index (χ3n) is 3.67. The molecule has 3 rings (SSSR count). The van der Waals surface area contributed by atoms with E-state index in [9.17, 15) is 4.79 Å². The van der Waals surface area contributed by atoms with Crippen molar-refractivity contribution in [1.29, 1.82) is 0 Å². The van der Waals surface area contributed by atoms with Crippen LogP contribution >= 0.6 is 0 Å². The maximum atomic E-state index is 12.0. The van der Waals surface area contributed by atoms with E-state index in [2.05, 4.69) is 10.6 Å². The van der Waals surface area contributed by atoms with E-state index in [4.69, 9.17) is 9.47 Å². The van der Waals surface area contributed by atoms with Gasteiger partial charge in [0.2, 0.25) is 0 Å². The molecule has 0 bridgehead atoms. The van der Waals surface area contributed by atoms with E-state index in [1.165, 1.54) is 0 Å². The van der Waals surface area contributed by atoms with Crippen LogP contribution in [0.2, 0.25) is 0 Å². The third-order valence-corrected chi connectivity index (χ3v) is 3.67. The topological polar surface area (TPSA) is 59.6 Å². The lowest BCUT2D eigenvalue weighted by molar-refractivity contribution is -0.118. The molecular formula is C21H20N2O3. The molecule has 0 aliphatic heterocycles. The minimum absolute atomic E-state index is 0.0365. The zero-order valence-electron chi connectivity index (χ0n) is 14.4. The third kappa shape index (κ3) is 4.77. The van der Waals surface area contributed by atoms with E-state index in [1.807, 2.05) is 78.9 Å². The van der Waals surface area contributed by atoms with Crippen LogP contribution in [0, 0.1) is 0 Å². The first kappa shape index (κ1) is 17.4. The fraction of sp³-hybridized carbons (Fsp3) is 0.0952. The standard InChI is InChI=1S/C21H20N2O3/c1-25-20-10-6-5-9-19(20)22-16-11-13-17(14-12-16)23-21(24)15-26-18-7-3-2-4-8-18/h2-14,22H,15H2,1H3,(H,23,24). The van der Waals surface area contributed by atoms with Crippen molar-refractivity contribution < 1.29 is 14.3 Å². The molecule has 132 valence electrons. The zero-order chi connectivity index (χ0) is 18.2. The number of ether oxygens (including phenoxy) is 2. The lowest BCUT2D eigenvalue weighted by Crippen LogP contribution is -2.20. The second-order valence-corrected chi connectivity index (χ2v) is 5.55. The van der Waals surface area contributed by atoms with Gasteiger partial charge in [0.1, 0.15) is 11.5 Å². The van der Waals surface area contributed by atoms with Crippen LogP contribution in [0.5, 0.6) is 11.5 Å². The highest BCUT2D eigenvalue weighted by Crippen LogP contribution is 2.27. The second kappa shape index (κ2) is 8.58. The Morgan fingerprint density at radius 2 is 1.50 bits per heavy atom. The van der Waals surface area contributed by atoms with Gasteiger partial charge in [-0.05, 0) is 48.5 Å². The number of benzene rings is 3. The molecule has 5 nitrogen and oxygen atoms in total. The van der Waals surface area contributed by atoms with Crippen LogP contribution in [0.3, 0.4) is 0 Å². The number of carbonyl (C=O) groups is 1. The molecule has 5 heteroatoms. The first-order chi connectivity index (χ1) is 12.7. The Morgan fingerprint density at radius 3 is 2.23 bits per heavy atom. The van der Waals surface area contributed by atoms with E-state index < -0.39 is 0 Å². The Hall–Kier alpha value is -3.47. The Balaban J connectivity index is 1.55. The molecule has 3 aromatic carbocycles. The first-order valence-corrected chi connectivity index (χ1v) is 8.22. The number of hydrogen-bond acceptors (Lipinski definition) is 4. The van der Waals surface area contributed by atoms with E-state index >= 15 is 0 Å². The zero-order valence-corrected chi connectivity index (χ0v) is 14.4. The van der Waals surface area contributed by atoms with E-state index in [0.29, 0.717) is 11.4 Å². The molecular weight excluding hydrogens is 328 g/mol. The highest BCUT2D eigenvalue weighted by molar-refractivity contribution is 5.92. The average molecular weight is 348 g/mol. The summed E-state index contributed by atoms with van der Waals surface area (Å²) >= 11 is 0. The Kier molecular flexibility index (Phi) is 5.72. The largest absolute Gasteiger partial charge is 0.495 e. The molecule has 3 aromatic rings. The van der Waals surface area contributed by atoms with Crippen molar-refractivity contribution in [2.75, 3.05) is 24.4 Å². The quantitative estimate of drug-likeness (QED) is 0.662. The molecule has 0 unspecified atom stereocenters. The number of carbonyl (C=O) groups excluding carboxylic acids is 1. The number of para-hydroxylation sites is 3. The monoisotopic (exact) mass is 348 g/mol. The Labute approximate surface area is 152 Å². The summed E-state index contributed by atoms with van der Waals surface area (Å²) in [5.41, 5.74) is 2.48. The van der Waals surface area contributed by atoms with Gasteiger partial charge in [0, 0.05) is 11.4 Å². The smallest absolute Gasteiger partial charge is 0.262 e. The maximum absolute atomic E-state index is 12.0. The van der Waals surface area contributed by atoms with E-state index in [-0.39, 0.29) is 12.5 Å². The van der Waals surface area contributed by atoms with Crippen LogP contribution in [0.25, 0.3) is 0 Å². The molecule has 0 heterocycles. The number of anilines is 3. The highest BCUT2D eigenvalue weighted by Gasteiger charge is 2.05. The normalized spacial score (nSPS) is 10.0. The van der Waals surface area contributed by atoms with Crippen molar-refractivity contribution in [3.05, 3.63) is 78.9 Å². The summed E-state index contributed by atoms with van der Waals surface area (Å²) in [6, 6.07) is 24.4. The first-order valence-electron chi connectivity index (χ1n) is 8.22. The van der Waals surface area contributed by atoms with Crippen LogP contribution in [-0.4, -0.2) is 19.6 Å². The van der Waals surface area contributed by atoms with Crippen LogP contribution in [-0.2, 0) is 4.79 Å². The highest BCUT2D eigenvalue weighted by atomic mass is 16.5. The van der Waals surface area contributed by atoms with Crippen LogP contribution in [0.1, 0.15) is 0 Å². The summed E-state index contributed by atoms with van der Waals surface area (Å²) in [6.45, 7) is -0.0365. The van der Waals surface area contributed by atoms with Crippen LogP contribution in [0.15, 0.2) is 78.9 Å². The summed E-state index contributed by atoms with van der Waals surface area (Å²) in [6.07, 6.45) is 0. The van der Waals surface area contributed by atoms with Crippen molar-refractivity contribution in [2.24, 2.45) is 0 Å². The molecule has 26 heavy (non-hydrogen) atoms. The molecule has 0 saturated heterocycles. The summed E-state index contributed by atoms with van der Waals surface area (Å²) < 4.78 is 10.8. The lowest BCUT2D eigenvalue weighted by atomic mass is 10.2. The molecule has 0 aliphatic rings. The van der Waals surface area contributed by atoms with Crippen LogP contribution in [0.4, 0.5) is 17.1 Å². The van der Waals surface area contributed by atoms with Crippen molar-refractivity contribution in [1.82, 2.24) is 0 Å². The molecule has 0 saturated carbocycles. The van der Waals surface area contributed by atoms with Gasteiger partial charge in [-0.25, -0.2) is 0 Å². The molecule has 0 spiro atoms.